The molecule has 0 spiro atoms. The zero-order chi connectivity index (χ0) is 19.6. The molecule has 3 rings (SSSR count). The van der Waals surface area contributed by atoms with Crippen molar-refractivity contribution in [3.8, 4) is 0 Å². The number of aromatic nitrogens is 3. The van der Waals surface area contributed by atoms with Crippen LogP contribution >= 0.6 is 0 Å². The molecule has 0 radical (unpaired) electrons. The van der Waals surface area contributed by atoms with E-state index >= 15 is 0 Å². The second kappa shape index (κ2) is 7.29. The lowest BCUT2D eigenvalue weighted by Crippen LogP contribution is -2.22. The molecule has 0 aliphatic heterocycles. The molecule has 1 aromatic carbocycles. The van der Waals surface area contributed by atoms with Crippen LogP contribution in [0.2, 0.25) is 0 Å². The summed E-state index contributed by atoms with van der Waals surface area (Å²) in [6.07, 6.45) is -1.32. The zero-order valence-corrected chi connectivity index (χ0v) is 14.1. The largest absolute Gasteiger partial charge is 0.416 e. The van der Waals surface area contributed by atoms with Crippen molar-refractivity contribution >= 4 is 28.2 Å². The number of benzene rings is 1. The van der Waals surface area contributed by atoms with Gasteiger partial charge in [0.05, 0.1) is 34.2 Å². The molecular weight excluding hydrogens is 363 g/mol. The number of hydrogen-bond donors (Lipinski definition) is 5. The lowest BCUT2D eigenvalue weighted by atomic mass is 10.2. The maximum Gasteiger partial charge on any atom is 0.416 e. The summed E-state index contributed by atoms with van der Waals surface area (Å²) in [6.45, 7) is 0.340. The van der Waals surface area contributed by atoms with E-state index in [-0.39, 0.29) is 17.9 Å². The van der Waals surface area contributed by atoms with Crippen LogP contribution in [0.1, 0.15) is 17.7 Å². The summed E-state index contributed by atoms with van der Waals surface area (Å²) in [5, 5.41) is 11.9. The lowest BCUT2D eigenvalue weighted by Gasteiger charge is -2.14. The fourth-order valence-electron chi connectivity index (χ4n) is 2.71. The molecule has 0 aliphatic carbocycles. The molecule has 27 heavy (non-hydrogen) atoms. The smallest absolute Gasteiger partial charge is 0.403 e. The number of hydrazine groups is 1. The normalized spacial score (nSPS) is 12.7. The molecule has 8 nitrogen and oxygen atoms in total. The Labute approximate surface area is 151 Å². The first-order chi connectivity index (χ1) is 12.9. The molecule has 0 unspecified atom stereocenters. The SMILES string of the molecule is N/C=C(\NN)c1cnc2c(NCCCO)nc3cc(C(F)(F)F)ccc3n12. The second-order valence-electron chi connectivity index (χ2n) is 5.69. The number of aliphatic hydroxyl groups is 1. The number of nitrogens with two attached hydrogens (primary N) is 2. The van der Waals surface area contributed by atoms with E-state index in [1.54, 1.807) is 4.40 Å². The average Bonchev–Trinajstić information content (AvgIpc) is 3.07. The van der Waals surface area contributed by atoms with Crippen molar-refractivity contribution in [3.05, 3.63) is 41.9 Å². The number of imidazole rings is 1. The molecule has 0 fully saturated rings. The van der Waals surface area contributed by atoms with Crippen molar-refractivity contribution in [2.45, 2.75) is 12.6 Å². The number of aliphatic hydroxyl groups excluding tert-OH is 1. The Hall–Kier alpha value is -3.05. The number of nitrogens with zero attached hydrogens (tertiary/aromatic N) is 3. The first-order valence-corrected chi connectivity index (χ1v) is 8.02. The summed E-state index contributed by atoms with van der Waals surface area (Å²) in [4.78, 5) is 8.59. The van der Waals surface area contributed by atoms with Crippen molar-refractivity contribution < 1.29 is 18.3 Å². The van der Waals surface area contributed by atoms with Crippen LogP contribution in [0, 0.1) is 0 Å². The van der Waals surface area contributed by atoms with E-state index < -0.39 is 11.7 Å². The number of alkyl halides is 3. The van der Waals surface area contributed by atoms with Crippen molar-refractivity contribution in [1.29, 1.82) is 0 Å². The molecule has 2 aromatic heterocycles. The monoisotopic (exact) mass is 381 g/mol. The summed E-state index contributed by atoms with van der Waals surface area (Å²) < 4.78 is 40.9. The van der Waals surface area contributed by atoms with Crippen LogP contribution in [0.5, 0.6) is 0 Å². The molecule has 0 bridgehead atoms. The first-order valence-electron chi connectivity index (χ1n) is 8.02. The Balaban J connectivity index is 2.29. The van der Waals surface area contributed by atoms with Gasteiger partial charge >= 0.3 is 6.18 Å². The van der Waals surface area contributed by atoms with Gasteiger partial charge in [0.1, 0.15) is 0 Å². The van der Waals surface area contributed by atoms with Gasteiger partial charge in [-0.15, -0.1) is 0 Å². The van der Waals surface area contributed by atoms with Crippen molar-refractivity contribution in [2.24, 2.45) is 11.6 Å². The van der Waals surface area contributed by atoms with Gasteiger partial charge in [-0.05, 0) is 24.6 Å². The Morgan fingerprint density at radius 2 is 2.11 bits per heavy atom. The van der Waals surface area contributed by atoms with Crippen LogP contribution in [0.3, 0.4) is 0 Å². The van der Waals surface area contributed by atoms with Crippen LogP contribution in [0.25, 0.3) is 22.4 Å². The molecule has 2 heterocycles. The maximum absolute atomic E-state index is 13.1. The minimum absolute atomic E-state index is 0.0358. The number of hydrogen-bond acceptors (Lipinski definition) is 7. The molecule has 3 aromatic rings. The van der Waals surface area contributed by atoms with Crippen LogP contribution in [0.15, 0.2) is 30.6 Å². The fourth-order valence-corrected chi connectivity index (χ4v) is 2.71. The molecule has 0 aliphatic rings. The number of fused-ring (bicyclic) bond motifs is 3. The van der Waals surface area contributed by atoms with Crippen LogP contribution in [0.4, 0.5) is 19.0 Å². The van der Waals surface area contributed by atoms with Gasteiger partial charge in [0.2, 0.25) is 0 Å². The third kappa shape index (κ3) is 3.46. The molecule has 144 valence electrons. The zero-order valence-electron chi connectivity index (χ0n) is 14.1. The van der Waals surface area contributed by atoms with E-state index in [0.717, 1.165) is 12.1 Å². The minimum atomic E-state index is -4.49. The maximum atomic E-state index is 13.1. The average molecular weight is 381 g/mol. The highest BCUT2D eigenvalue weighted by Gasteiger charge is 2.31. The van der Waals surface area contributed by atoms with Gasteiger partial charge in [0, 0.05) is 19.4 Å². The topological polar surface area (TPSA) is 127 Å². The third-order valence-corrected chi connectivity index (χ3v) is 3.97. The second-order valence-corrected chi connectivity index (χ2v) is 5.69. The molecule has 0 saturated carbocycles. The van der Waals surface area contributed by atoms with Crippen molar-refractivity contribution in [3.63, 3.8) is 0 Å². The van der Waals surface area contributed by atoms with Crippen LogP contribution in [-0.4, -0.2) is 32.6 Å². The highest BCUT2D eigenvalue weighted by Crippen LogP contribution is 2.32. The Kier molecular flexibility index (Phi) is 5.06. The van der Waals surface area contributed by atoms with Gasteiger partial charge in [0.25, 0.3) is 0 Å². The summed E-state index contributed by atoms with van der Waals surface area (Å²) >= 11 is 0. The Bertz CT molecular complexity index is 997. The predicted molar refractivity (Wildman–Crippen MR) is 95.2 cm³/mol. The van der Waals surface area contributed by atoms with E-state index in [9.17, 15) is 13.2 Å². The third-order valence-electron chi connectivity index (χ3n) is 3.97. The summed E-state index contributed by atoms with van der Waals surface area (Å²) in [7, 11) is 0. The summed E-state index contributed by atoms with van der Waals surface area (Å²) in [5.74, 6) is 5.77. The van der Waals surface area contributed by atoms with E-state index in [0.29, 0.717) is 35.5 Å². The molecule has 0 atom stereocenters. The predicted octanol–water partition coefficient (Wildman–Crippen LogP) is 1.42. The van der Waals surface area contributed by atoms with Gasteiger partial charge in [-0.3, -0.25) is 10.2 Å². The quantitative estimate of drug-likeness (QED) is 0.248. The van der Waals surface area contributed by atoms with Crippen LogP contribution < -0.4 is 22.3 Å². The molecule has 7 N–H and O–H groups in total. The number of anilines is 1. The Morgan fingerprint density at radius 1 is 1.33 bits per heavy atom. The van der Waals surface area contributed by atoms with Crippen molar-refractivity contribution in [2.75, 3.05) is 18.5 Å². The standard InChI is InChI=1S/C16H18F3N7O/c17-16(18,19)9-2-3-12-10(6-9)24-14(22-4-1-5-27)15-23-8-13(26(12)15)11(7-20)25-21/h2-3,6-8,25,27H,1,4-5,20-21H2,(H,22,24)/b11-7-. The van der Waals surface area contributed by atoms with Crippen LogP contribution in [-0.2, 0) is 6.18 Å². The lowest BCUT2D eigenvalue weighted by molar-refractivity contribution is -0.137. The highest BCUT2D eigenvalue weighted by atomic mass is 19.4. The van der Waals surface area contributed by atoms with E-state index in [1.165, 1.54) is 18.5 Å². The van der Waals surface area contributed by atoms with Gasteiger partial charge < -0.3 is 21.6 Å². The molecule has 11 heteroatoms. The summed E-state index contributed by atoms with van der Waals surface area (Å²) in [6, 6.07) is 3.27. The minimum Gasteiger partial charge on any atom is -0.403 e. The Morgan fingerprint density at radius 3 is 2.74 bits per heavy atom. The van der Waals surface area contributed by atoms with E-state index in [1.807, 2.05) is 0 Å². The van der Waals surface area contributed by atoms with Gasteiger partial charge in [-0.25, -0.2) is 9.97 Å². The number of rotatable bonds is 6. The van der Waals surface area contributed by atoms with Gasteiger partial charge in [-0.2, -0.15) is 13.2 Å². The molecule has 0 amide bonds. The number of halogens is 3. The molecular formula is C16H18F3N7O. The summed E-state index contributed by atoms with van der Waals surface area (Å²) in [5.41, 5.74) is 8.94. The van der Waals surface area contributed by atoms with E-state index in [4.69, 9.17) is 16.7 Å². The number of nitrogens with one attached hydrogen (secondary N) is 2. The van der Waals surface area contributed by atoms with Gasteiger partial charge in [0.15, 0.2) is 11.5 Å². The first kappa shape index (κ1) is 18.7. The molecule has 0 saturated heterocycles. The van der Waals surface area contributed by atoms with Gasteiger partial charge in [-0.1, -0.05) is 0 Å². The van der Waals surface area contributed by atoms with Crippen molar-refractivity contribution in [1.82, 2.24) is 19.8 Å². The van der Waals surface area contributed by atoms with E-state index in [2.05, 4.69) is 20.7 Å². The highest BCUT2D eigenvalue weighted by molar-refractivity contribution is 5.86. The fraction of sp³-hybridized carbons (Fsp3) is 0.250.